The Labute approximate surface area is 136 Å². The van der Waals surface area contributed by atoms with Crippen molar-refractivity contribution < 1.29 is 19.1 Å². The van der Waals surface area contributed by atoms with Gasteiger partial charge in [-0.1, -0.05) is 30.3 Å². The second-order valence-electron chi connectivity index (χ2n) is 5.26. The molecule has 1 heterocycles. The first-order valence-corrected chi connectivity index (χ1v) is 7.50. The van der Waals surface area contributed by atoms with Crippen LogP contribution >= 0.6 is 0 Å². The first-order chi connectivity index (χ1) is 11.0. The molecule has 122 valence electrons. The van der Waals surface area contributed by atoms with Gasteiger partial charge in [0.25, 0.3) is 0 Å². The molecule has 1 N–H and O–H groups in total. The van der Waals surface area contributed by atoms with E-state index in [2.05, 4.69) is 5.32 Å². The number of nitrogens with one attached hydrogen (secondary N) is 1. The van der Waals surface area contributed by atoms with Crippen molar-refractivity contribution in [3.05, 3.63) is 58.4 Å². The molecule has 1 aliphatic rings. The Bertz CT molecular complexity index is 674. The van der Waals surface area contributed by atoms with Crippen LogP contribution in [0.2, 0.25) is 0 Å². The van der Waals surface area contributed by atoms with Gasteiger partial charge in [-0.15, -0.1) is 0 Å². The van der Waals surface area contributed by atoms with E-state index in [0.717, 1.165) is 5.56 Å². The van der Waals surface area contributed by atoms with E-state index in [-0.39, 0.29) is 6.61 Å². The number of methoxy groups -OCH3 is 1. The van der Waals surface area contributed by atoms with E-state index in [1.165, 1.54) is 7.11 Å². The fourth-order valence-corrected chi connectivity index (χ4v) is 2.83. The Hall–Kier alpha value is -2.56. The maximum Gasteiger partial charge on any atom is 0.336 e. The average Bonchev–Trinajstić information content (AvgIpc) is 2.54. The Balaban J connectivity index is 2.62. The molecule has 0 unspecified atom stereocenters. The standard InChI is InChI=1S/C18H21NO4/c1-5-23-18(21)15-12(3)19-11(2)14(17(20)22-4)16(15)13-9-7-6-8-10-13/h6-10,16,19H,5H2,1-4H3/t16-/m0/s1. The summed E-state index contributed by atoms with van der Waals surface area (Å²) in [5.74, 6) is -1.40. The summed E-state index contributed by atoms with van der Waals surface area (Å²) < 4.78 is 10.1. The van der Waals surface area contributed by atoms with Crippen LogP contribution < -0.4 is 5.32 Å². The lowest BCUT2D eigenvalue weighted by Crippen LogP contribution is -2.32. The van der Waals surface area contributed by atoms with Crippen LogP contribution in [-0.4, -0.2) is 25.7 Å². The summed E-state index contributed by atoms with van der Waals surface area (Å²) in [4.78, 5) is 24.8. The molecule has 5 nitrogen and oxygen atoms in total. The zero-order valence-electron chi connectivity index (χ0n) is 13.8. The normalized spacial score (nSPS) is 17.7. The van der Waals surface area contributed by atoms with Gasteiger partial charge in [-0.05, 0) is 26.3 Å². The van der Waals surface area contributed by atoms with Gasteiger partial charge in [0.15, 0.2) is 0 Å². The maximum atomic E-state index is 12.5. The Morgan fingerprint density at radius 1 is 1.04 bits per heavy atom. The summed E-state index contributed by atoms with van der Waals surface area (Å²) in [7, 11) is 1.33. The van der Waals surface area contributed by atoms with Crippen LogP contribution in [0.15, 0.2) is 52.9 Å². The van der Waals surface area contributed by atoms with Crippen LogP contribution in [0.3, 0.4) is 0 Å². The SMILES string of the molecule is CCOC(=O)C1=C(C)NC(C)=C(C(=O)OC)[C@@H]1c1ccccc1. The van der Waals surface area contributed by atoms with Gasteiger partial charge in [-0.3, -0.25) is 0 Å². The van der Waals surface area contributed by atoms with Gasteiger partial charge in [-0.25, -0.2) is 9.59 Å². The number of ether oxygens (including phenoxy) is 2. The summed E-state index contributed by atoms with van der Waals surface area (Å²) in [5.41, 5.74) is 3.06. The van der Waals surface area contributed by atoms with Gasteiger partial charge >= 0.3 is 11.9 Å². The monoisotopic (exact) mass is 315 g/mol. The minimum Gasteiger partial charge on any atom is -0.466 e. The highest BCUT2D eigenvalue weighted by molar-refractivity contribution is 5.99. The molecule has 1 aliphatic heterocycles. The van der Waals surface area contributed by atoms with Crippen LogP contribution in [0.5, 0.6) is 0 Å². The topological polar surface area (TPSA) is 64.6 Å². The number of esters is 2. The number of dihydropyridines is 1. The maximum absolute atomic E-state index is 12.5. The Morgan fingerprint density at radius 2 is 1.61 bits per heavy atom. The average molecular weight is 315 g/mol. The zero-order chi connectivity index (χ0) is 17.0. The van der Waals surface area contributed by atoms with E-state index in [1.807, 2.05) is 30.3 Å². The number of carbonyl (C=O) groups is 2. The molecule has 1 aromatic rings. The number of benzene rings is 1. The van der Waals surface area contributed by atoms with Crippen LogP contribution in [0.4, 0.5) is 0 Å². The van der Waals surface area contributed by atoms with Gasteiger partial charge in [0.05, 0.1) is 30.8 Å². The number of hydrogen-bond acceptors (Lipinski definition) is 5. The molecular formula is C18H21NO4. The molecule has 0 bridgehead atoms. The third-order valence-electron chi connectivity index (χ3n) is 3.79. The summed E-state index contributed by atoms with van der Waals surface area (Å²) in [6.07, 6.45) is 0. The molecule has 0 aromatic heterocycles. The van der Waals surface area contributed by atoms with E-state index in [9.17, 15) is 9.59 Å². The van der Waals surface area contributed by atoms with Gasteiger partial charge in [-0.2, -0.15) is 0 Å². The quantitative estimate of drug-likeness (QED) is 0.865. The lowest BCUT2D eigenvalue weighted by Gasteiger charge is -2.30. The van der Waals surface area contributed by atoms with Gasteiger partial charge in [0.1, 0.15) is 0 Å². The Kier molecular flexibility index (Phi) is 5.21. The minimum atomic E-state index is -0.510. The second kappa shape index (κ2) is 7.13. The second-order valence-corrected chi connectivity index (χ2v) is 5.26. The molecule has 0 spiro atoms. The van der Waals surface area contributed by atoms with Crippen molar-refractivity contribution in [2.24, 2.45) is 0 Å². The molecule has 0 amide bonds. The van der Waals surface area contributed by atoms with Crippen molar-refractivity contribution in [1.29, 1.82) is 0 Å². The fraction of sp³-hybridized carbons (Fsp3) is 0.333. The predicted octanol–water partition coefficient (Wildman–Crippen LogP) is 2.66. The van der Waals surface area contributed by atoms with Crippen LogP contribution in [0.1, 0.15) is 32.3 Å². The molecule has 0 saturated carbocycles. The first kappa shape index (κ1) is 16.8. The molecule has 23 heavy (non-hydrogen) atoms. The number of allylic oxidation sites excluding steroid dienone is 2. The van der Waals surface area contributed by atoms with Crippen molar-refractivity contribution >= 4 is 11.9 Å². The van der Waals surface area contributed by atoms with E-state index >= 15 is 0 Å². The van der Waals surface area contributed by atoms with E-state index in [1.54, 1.807) is 20.8 Å². The first-order valence-electron chi connectivity index (χ1n) is 7.50. The summed E-state index contributed by atoms with van der Waals surface area (Å²) in [6.45, 7) is 5.63. The lowest BCUT2D eigenvalue weighted by molar-refractivity contribution is -0.139. The van der Waals surface area contributed by atoms with E-state index in [0.29, 0.717) is 22.5 Å². The molecule has 0 fully saturated rings. The predicted molar refractivity (Wildman–Crippen MR) is 86.4 cm³/mol. The summed E-state index contributed by atoms with van der Waals surface area (Å²) >= 11 is 0. The number of rotatable bonds is 4. The van der Waals surface area contributed by atoms with Crippen molar-refractivity contribution in [1.82, 2.24) is 5.32 Å². The van der Waals surface area contributed by atoms with Crippen molar-refractivity contribution in [2.75, 3.05) is 13.7 Å². The third kappa shape index (κ3) is 3.28. The highest BCUT2D eigenvalue weighted by Gasteiger charge is 2.37. The highest BCUT2D eigenvalue weighted by atomic mass is 16.5. The van der Waals surface area contributed by atoms with Gasteiger partial charge < -0.3 is 14.8 Å². The lowest BCUT2D eigenvalue weighted by atomic mass is 9.80. The summed E-state index contributed by atoms with van der Waals surface area (Å²) in [6, 6.07) is 9.41. The molecule has 0 aliphatic carbocycles. The minimum absolute atomic E-state index is 0.271. The van der Waals surface area contributed by atoms with Crippen molar-refractivity contribution in [3.8, 4) is 0 Å². The molecule has 1 atom stereocenters. The third-order valence-corrected chi connectivity index (χ3v) is 3.79. The van der Waals surface area contributed by atoms with Crippen LogP contribution in [0, 0.1) is 0 Å². The van der Waals surface area contributed by atoms with Gasteiger partial charge in [0, 0.05) is 11.4 Å². The number of carbonyl (C=O) groups excluding carboxylic acids is 2. The van der Waals surface area contributed by atoms with Crippen LogP contribution in [-0.2, 0) is 19.1 Å². The molecule has 0 saturated heterocycles. The number of hydrogen-bond donors (Lipinski definition) is 1. The fourth-order valence-electron chi connectivity index (χ4n) is 2.83. The molecule has 0 radical (unpaired) electrons. The molecule has 5 heteroatoms. The summed E-state index contributed by atoms with van der Waals surface area (Å²) in [5, 5.41) is 3.09. The molecule has 2 rings (SSSR count). The van der Waals surface area contributed by atoms with Crippen LogP contribution in [0.25, 0.3) is 0 Å². The zero-order valence-corrected chi connectivity index (χ0v) is 13.8. The van der Waals surface area contributed by atoms with E-state index < -0.39 is 17.9 Å². The molecular weight excluding hydrogens is 294 g/mol. The Morgan fingerprint density at radius 3 is 2.13 bits per heavy atom. The molecule has 1 aromatic carbocycles. The highest BCUT2D eigenvalue weighted by Crippen LogP contribution is 2.38. The van der Waals surface area contributed by atoms with E-state index in [4.69, 9.17) is 9.47 Å². The van der Waals surface area contributed by atoms with Crippen molar-refractivity contribution in [2.45, 2.75) is 26.7 Å². The smallest absolute Gasteiger partial charge is 0.336 e. The van der Waals surface area contributed by atoms with Gasteiger partial charge in [0.2, 0.25) is 0 Å². The van der Waals surface area contributed by atoms with Crippen molar-refractivity contribution in [3.63, 3.8) is 0 Å². The largest absolute Gasteiger partial charge is 0.466 e.